The van der Waals surface area contributed by atoms with Gasteiger partial charge >= 0.3 is 0 Å². The van der Waals surface area contributed by atoms with Gasteiger partial charge in [-0.3, -0.25) is 0 Å². The molecule has 0 bridgehead atoms. The molecule has 2 rings (SSSR count). The lowest BCUT2D eigenvalue weighted by atomic mass is 9.93. The summed E-state index contributed by atoms with van der Waals surface area (Å²) < 4.78 is 21.1. The zero-order chi connectivity index (χ0) is 17.9. The zero-order valence-electron chi connectivity index (χ0n) is 16.3. The van der Waals surface area contributed by atoms with Crippen LogP contribution >= 0.6 is 0 Å². The lowest BCUT2D eigenvalue weighted by molar-refractivity contribution is -0.145. The van der Waals surface area contributed by atoms with Crippen LogP contribution in [0.2, 0.25) is 0 Å². The Morgan fingerprint density at radius 3 is 1.54 bits per heavy atom. The molecule has 0 aliphatic heterocycles. The first-order valence-corrected chi connectivity index (χ1v) is 9.47. The number of ether oxygens (including phenoxy) is 4. The maximum absolute atomic E-state index is 5.66. The molecule has 0 heterocycles. The molecule has 0 unspecified atom stereocenters. The van der Waals surface area contributed by atoms with Crippen LogP contribution in [0.5, 0.6) is 0 Å². The van der Waals surface area contributed by atoms with Crippen LogP contribution in [0.4, 0.5) is 0 Å². The highest BCUT2D eigenvalue weighted by Gasteiger charge is 2.33. The van der Waals surface area contributed by atoms with Crippen molar-refractivity contribution in [2.45, 2.75) is 64.4 Å². The molecule has 2 aliphatic rings. The van der Waals surface area contributed by atoms with Crippen LogP contribution in [0.25, 0.3) is 0 Å². The van der Waals surface area contributed by atoms with E-state index in [0.29, 0.717) is 17.8 Å². The van der Waals surface area contributed by atoms with Crippen molar-refractivity contribution in [3.8, 4) is 0 Å². The molecule has 0 aromatic rings. The molecule has 0 spiro atoms. The second-order valence-electron chi connectivity index (χ2n) is 7.03. The first-order valence-electron chi connectivity index (χ1n) is 9.47. The minimum atomic E-state index is -0.0546. The van der Waals surface area contributed by atoms with E-state index in [0.717, 1.165) is 12.5 Å². The van der Waals surface area contributed by atoms with E-state index >= 15 is 0 Å². The molecule has 0 radical (unpaired) electrons. The van der Waals surface area contributed by atoms with Crippen molar-refractivity contribution in [1.82, 2.24) is 0 Å². The van der Waals surface area contributed by atoms with E-state index in [4.69, 9.17) is 24.7 Å². The summed E-state index contributed by atoms with van der Waals surface area (Å²) in [7, 11) is 6.86. The van der Waals surface area contributed by atoms with Crippen molar-refractivity contribution in [3.63, 3.8) is 0 Å². The lowest BCUT2D eigenvalue weighted by Crippen LogP contribution is -2.31. The predicted octanol–water partition coefficient (Wildman–Crippen LogP) is 3.41. The van der Waals surface area contributed by atoms with Gasteiger partial charge in [0.2, 0.25) is 0 Å². The normalized spacial score (nSPS) is 30.0. The van der Waals surface area contributed by atoms with Crippen LogP contribution in [0, 0.1) is 23.7 Å². The molecular weight excluding hydrogens is 306 g/mol. The molecule has 4 atom stereocenters. The summed E-state index contributed by atoms with van der Waals surface area (Å²) in [5, 5.41) is 0. The highest BCUT2D eigenvalue weighted by molar-refractivity contribution is 4.80. The van der Waals surface area contributed by atoms with E-state index in [-0.39, 0.29) is 12.6 Å². The number of nitrogens with two attached hydrogens (primary N) is 1. The van der Waals surface area contributed by atoms with Gasteiger partial charge in [-0.25, -0.2) is 0 Å². The van der Waals surface area contributed by atoms with Gasteiger partial charge in [0.05, 0.1) is 0 Å². The van der Waals surface area contributed by atoms with Crippen molar-refractivity contribution in [2.24, 2.45) is 29.4 Å². The molecule has 2 saturated carbocycles. The SMILES string of the molecule is CC[C@@H]1CCC[C@H]1C(OC)OC.COC(OC)[C@@H]1CCC[C@H]1CN. The van der Waals surface area contributed by atoms with Gasteiger partial charge in [0, 0.05) is 40.3 Å². The molecule has 5 heteroatoms. The second-order valence-corrected chi connectivity index (χ2v) is 7.03. The fourth-order valence-electron chi connectivity index (χ4n) is 4.54. The van der Waals surface area contributed by atoms with E-state index in [2.05, 4.69) is 6.92 Å². The molecular formula is C19H39NO4. The van der Waals surface area contributed by atoms with Gasteiger partial charge in [-0.2, -0.15) is 0 Å². The molecule has 5 nitrogen and oxygen atoms in total. The van der Waals surface area contributed by atoms with Crippen LogP contribution in [-0.4, -0.2) is 47.6 Å². The molecule has 0 aromatic heterocycles. The molecule has 2 N–H and O–H groups in total. The van der Waals surface area contributed by atoms with Crippen molar-refractivity contribution >= 4 is 0 Å². The highest BCUT2D eigenvalue weighted by atomic mass is 16.7. The van der Waals surface area contributed by atoms with Gasteiger partial charge in [-0.15, -0.1) is 0 Å². The standard InChI is InChI=1S/C10H20O2.C9H19NO2/c1-4-8-6-5-7-9(8)10(11-2)12-3;1-11-9(12-2)8-5-3-4-7(8)6-10/h8-10H,4-7H2,1-3H3;7-9H,3-6,10H2,1-2H3/t8-,9-;7-,8+/m10/s1. The largest absolute Gasteiger partial charge is 0.356 e. The van der Waals surface area contributed by atoms with E-state index in [9.17, 15) is 0 Å². The summed E-state index contributed by atoms with van der Waals surface area (Å²) in [4.78, 5) is 0. The van der Waals surface area contributed by atoms with E-state index in [1.165, 1.54) is 44.9 Å². The van der Waals surface area contributed by atoms with E-state index in [1.807, 2.05) is 0 Å². The third-order valence-corrected chi connectivity index (χ3v) is 5.89. The minimum Gasteiger partial charge on any atom is -0.356 e. The number of rotatable bonds is 8. The van der Waals surface area contributed by atoms with Gasteiger partial charge in [-0.05, 0) is 44.1 Å². The van der Waals surface area contributed by atoms with Gasteiger partial charge < -0.3 is 24.7 Å². The Kier molecular flexibility index (Phi) is 11.1. The minimum absolute atomic E-state index is 0.0254. The highest BCUT2D eigenvalue weighted by Crippen LogP contribution is 2.37. The monoisotopic (exact) mass is 345 g/mol. The number of hydrogen-bond donors (Lipinski definition) is 1. The maximum Gasteiger partial charge on any atom is 0.159 e. The molecule has 0 aromatic carbocycles. The topological polar surface area (TPSA) is 62.9 Å². The third-order valence-electron chi connectivity index (χ3n) is 5.89. The Morgan fingerprint density at radius 2 is 1.17 bits per heavy atom. The van der Waals surface area contributed by atoms with Crippen LogP contribution < -0.4 is 5.73 Å². The summed E-state index contributed by atoms with van der Waals surface area (Å²) in [6.07, 6.45) is 8.86. The predicted molar refractivity (Wildman–Crippen MR) is 96.6 cm³/mol. The quantitative estimate of drug-likeness (QED) is 0.683. The molecule has 144 valence electrons. The summed E-state index contributed by atoms with van der Waals surface area (Å²) in [5.74, 6) is 2.54. The third kappa shape index (κ3) is 5.95. The van der Waals surface area contributed by atoms with Crippen LogP contribution in [-0.2, 0) is 18.9 Å². The Morgan fingerprint density at radius 1 is 0.750 bits per heavy atom. The van der Waals surface area contributed by atoms with Crippen LogP contribution in [0.3, 0.4) is 0 Å². The summed E-state index contributed by atoms with van der Waals surface area (Å²) >= 11 is 0. The number of methoxy groups -OCH3 is 4. The van der Waals surface area contributed by atoms with E-state index < -0.39 is 0 Å². The lowest BCUT2D eigenvalue weighted by Gasteiger charge is -2.25. The van der Waals surface area contributed by atoms with Crippen molar-refractivity contribution in [2.75, 3.05) is 35.0 Å². The Hall–Kier alpha value is -0.200. The van der Waals surface area contributed by atoms with Crippen molar-refractivity contribution < 1.29 is 18.9 Å². The van der Waals surface area contributed by atoms with Crippen molar-refractivity contribution in [3.05, 3.63) is 0 Å². The fourth-order valence-corrected chi connectivity index (χ4v) is 4.54. The summed E-state index contributed by atoms with van der Waals surface area (Å²) in [6, 6.07) is 0. The van der Waals surface area contributed by atoms with Gasteiger partial charge in [0.1, 0.15) is 0 Å². The molecule has 0 saturated heterocycles. The number of hydrogen-bond acceptors (Lipinski definition) is 5. The fraction of sp³-hybridized carbons (Fsp3) is 1.00. The van der Waals surface area contributed by atoms with Gasteiger partial charge in [0.25, 0.3) is 0 Å². The first kappa shape index (κ1) is 21.8. The zero-order valence-corrected chi connectivity index (χ0v) is 16.3. The van der Waals surface area contributed by atoms with E-state index in [1.54, 1.807) is 28.4 Å². The smallest absolute Gasteiger partial charge is 0.159 e. The molecule has 24 heavy (non-hydrogen) atoms. The Bertz CT molecular complexity index is 278. The Labute approximate surface area is 148 Å². The molecule has 2 aliphatic carbocycles. The molecule has 0 amide bonds. The van der Waals surface area contributed by atoms with Gasteiger partial charge in [0.15, 0.2) is 12.6 Å². The summed E-state index contributed by atoms with van der Waals surface area (Å²) in [6.45, 7) is 3.01. The average molecular weight is 346 g/mol. The summed E-state index contributed by atoms with van der Waals surface area (Å²) in [5.41, 5.74) is 5.66. The van der Waals surface area contributed by atoms with Crippen LogP contribution in [0.15, 0.2) is 0 Å². The van der Waals surface area contributed by atoms with Crippen LogP contribution in [0.1, 0.15) is 51.9 Å². The second kappa shape index (κ2) is 12.2. The van der Waals surface area contributed by atoms with Gasteiger partial charge in [-0.1, -0.05) is 26.2 Å². The van der Waals surface area contributed by atoms with Crippen molar-refractivity contribution in [1.29, 1.82) is 0 Å². The Balaban J connectivity index is 0.000000240. The maximum atomic E-state index is 5.66. The first-order chi connectivity index (χ1) is 11.7. The molecule has 2 fully saturated rings. The average Bonchev–Trinajstić information content (AvgIpc) is 3.27.